The molecule has 16 heavy (non-hydrogen) atoms. The van der Waals surface area contributed by atoms with Gasteiger partial charge in [-0.3, -0.25) is 0 Å². The molecule has 0 saturated carbocycles. The second-order valence-electron chi connectivity index (χ2n) is 4.29. The van der Waals surface area contributed by atoms with Crippen LogP contribution in [0.15, 0.2) is 12.2 Å². The van der Waals surface area contributed by atoms with Gasteiger partial charge in [0.25, 0.3) is 0 Å². The van der Waals surface area contributed by atoms with Crippen LogP contribution < -0.4 is 5.32 Å². The van der Waals surface area contributed by atoms with E-state index in [1.165, 1.54) is 6.26 Å². The smallest absolute Gasteiger partial charge is 0.148 e. The lowest BCUT2D eigenvalue weighted by Crippen LogP contribution is -2.30. The molecule has 0 bridgehead atoms. The Balaban J connectivity index is 3.70. The number of hydrogen-bond donors (Lipinski definition) is 1. The first kappa shape index (κ1) is 15.6. The summed E-state index contributed by atoms with van der Waals surface area (Å²) in [6.45, 7) is 9.17. The van der Waals surface area contributed by atoms with Gasteiger partial charge >= 0.3 is 0 Å². The lowest BCUT2D eigenvalue weighted by Gasteiger charge is -2.17. The Morgan fingerprint density at radius 3 is 2.56 bits per heavy atom. The van der Waals surface area contributed by atoms with E-state index in [-0.39, 0.29) is 5.75 Å². The third-order valence-electron chi connectivity index (χ3n) is 2.14. The predicted molar refractivity (Wildman–Crippen MR) is 69.5 cm³/mol. The average Bonchev–Trinajstić information content (AvgIpc) is 2.14. The third-order valence-corrected chi connectivity index (χ3v) is 3.06. The summed E-state index contributed by atoms with van der Waals surface area (Å²) in [7, 11) is -0.950. The van der Waals surface area contributed by atoms with Crippen molar-refractivity contribution in [3.8, 4) is 0 Å². The quantitative estimate of drug-likeness (QED) is 0.477. The van der Waals surface area contributed by atoms with Crippen LogP contribution in [0.3, 0.4) is 0 Å². The van der Waals surface area contributed by atoms with Crippen molar-refractivity contribution in [1.29, 1.82) is 0 Å². The van der Waals surface area contributed by atoms with Crippen LogP contribution in [0.2, 0.25) is 0 Å². The Hall–Kier alpha value is -0.390. The average molecular weight is 248 g/mol. The topological polar surface area (TPSA) is 49.4 Å². The van der Waals surface area contributed by atoms with Crippen molar-refractivity contribution in [2.24, 2.45) is 0 Å². The first-order valence-electron chi connectivity index (χ1n) is 5.58. The molecule has 0 saturated heterocycles. The van der Waals surface area contributed by atoms with Crippen molar-refractivity contribution < 1.29 is 8.42 Å². The van der Waals surface area contributed by atoms with Crippen LogP contribution in [-0.2, 0) is 9.84 Å². The standard InChI is InChI=1S/C11H24N2O2S/c1-5-6-12-9-11(2)10-13(3)7-8-16(4,14)15/h12H,2,5-10H2,1,3-4H3. The molecule has 0 radical (unpaired) electrons. The van der Waals surface area contributed by atoms with E-state index in [0.29, 0.717) is 6.54 Å². The Bertz CT molecular complexity index is 299. The van der Waals surface area contributed by atoms with Gasteiger partial charge in [-0.15, -0.1) is 0 Å². The molecule has 4 nitrogen and oxygen atoms in total. The molecule has 0 spiro atoms. The fourth-order valence-electron chi connectivity index (χ4n) is 1.28. The van der Waals surface area contributed by atoms with Gasteiger partial charge in [-0.2, -0.15) is 0 Å². The fourth-order valence-corrected chi connectivity index (χ4v) is 1.92. The van der Waals surface area contributed by atoms with E-state index in [9.17, 15) is 8.42 Å². The minimum atomic E-state index is -2.86. The molecule has 0 amide bonds. The van der Waals surface area contributed by atoms with Crippen molar-refractivity contribution in [2.75, 3.05) is 45.2 Å². The number of hydrogen-bond acceptors (Lipinski definition) is 4. The van der Waals surface area contributed by atoms with Gasteiger partial charge in [0.1, 0.15) is 9.84 Å². The number of rotatable bonds is 9. The maximum atomic E-state index is 11.0. The predicted octanol–water partition coefficient (Wildman–Crippen LogP) is 0.519. The van der Waals surface area contributed by atoms with Crippen molar-refractivity contribution in [2.45, 2.75) is 13.3 Å². The van der Waals surface area contributed by atoms with Crippen molar-refractivity contribution in [1.82, 2.24) is 10.2 Å². The maximum absolute atomic E-state index is 11.0. The van der Waals surface area contributed by atoms with Crippen LogP contribution in [0, 0.1) is 0 Å². The Kier molecular flexibility index (Phi) is 7.62. The highest BCUT2D eigenvalue weighted by atomic mass is 32.2. The summed E-state index contributed by atoms with van der Waals surface area (Å²) in [5.41, 5.74) is 1.09. The SMILES string of the molecule is C=C(CNCCC)CN(C)CCS(C)(=O)=O. The molecule has 0 aliphatic heterocycles. The van der Waals surface area contributed by atoms with Gasteiger partial charge < -0.3 is 10.2 Å². The van der Waals surface area contributed by atoms with Crippen molar-refractivity contribution in [3.63, 3.8) is 0 Å². The molecule has 5 heteroatoms. The number of nitrogens with zero attached hydrogens (tertiary/aromatic N) is 1. The van der Waals surface area contributed by atoms with Crippen LogP contribution in [0.4, 0.5) is 0 Å². The normalized spacial score (nSPS) is 12.0. The molecule has 96 valence electrons. The van der Waals surface area contributed by atoms with Crippen molar-refractivity contribution >= 4 is 9.84 Å². The summed E-state index contributed by atoms with van der Waals surface area (Å²) in [6.07, 6.45) is 2.37. The van der Waals surface area contributed by atoms with Crippen LogP contribution >= 0.6 is 0 Å². The molecular formula is C11H24N2O2S. The van der Waals surface area contributed by atoms with Crippen LogP contribution in [0.1, 0.15) is 13.3 Å². The molecule has 0 heterocycles. The highest BCUT2D eigenvalue weighted by Crippen LogP contribution is 1.94. The van der Waals surface area contributed by atoms with Gasteiger partial charge in [-0.1, -0.05) is 13.5 Å². The monoisotopic (exact) mass is 248 g/mol. The molecule has 0 atom stereocenters. The van der Waals surface area contributed by atoms with Crippen LogP contribution in [-0.4, -0.2) is 58.6 Å². The Labute approximate surface area is 99.6 Å². The van der Waals surface area contributed by atoms with E-state index in [4.69, 9.17) is 0 Å². The Morgan fingerprint density at radius 1 is 1.44 bits per heavy atom. The molecule has 0 unspecified atom stereocenters. The number of nitrogens with one attached hydrogen (secondary N) is 1. The summed E-state index contributed by atoms with van der Waals surface area (Å²) in [4.78, 5) is 1.98. The summed E-state index contributed by atoms with van der Waals surface area (Å²) < 4.78 is 21.9. The number of sulfone groups is 1. The largest absolute Gasteiger partial charge is 0.313 e. The molecule has 0 rings (SSSR count). The van der Waals surface area contributed by atoms with Crippen LogP contribution in [0.25, 0.3) is 0 Å². The van der Waals surface area contributed by atoms with E-state index < -0.39 is 9.84 Å². The molecular weight excluding hydrogens is 224 g/mol. The lowest BCUT2D eigenvalue weighted by molar-refractivity contribution is 0.380. The van der Waals surface area contributed by atoms with Gasteiger partial charge in [0, 0.05) is 25.9 Å². The van der Waals surface area contributed by atoms with E-state index in [2.05, 4.69) is 18.8 Å². The fraction of sp³-hybridized carbons (Fsp3) is 0.818. The molecule has 0 aromatic rings. The van der Waals surface area contributed by atoms with Crippen LogP contribution in [0.5, 0.6) is 0 Å². The first-order chi connectivity index (χ1) is 7.35. The second-order valence-corrected chi connectivity index (χ2v) is 6.55. The molecule has 0 aromatic heterocycles. The highest BCUT2D eigenvalue weighted by molar-refractivity contribution is 7.90. The Morgan fingerprint density at radius 2 is 2.06 bits per heavy atom. The highest BCUT2D eigenvalue weighted by Gasteiger charge is 2.06. The van der Waals surface area contributed by atoms with Gasteiger partial charge in [0.2, 0.25) is 0 Å². The van der Waals surface area contributed by atoms with E-state index >= 15 is 0 Å². The van der Waals surface area contributed by atoms with Gasteiger partial charge in [-0.05, 0) is 25.6 Å². The molecule has 1 N–H and O–H groups in total. The molecule has 0 aliphatic rings. The summed E-state index contributed by atoms with van der Waals surface area (Å²) in [5.74, 6) is 0.208. The molecule has 0 aromatic carbocycles. The summed E-state index contributed by atoms with van der Waals surface area (Å²) in [6, 6.07) is 0. The minimum Gasteiger partial charge on any atom is -0.313 e. The minimum absolute atomic E-state index is 0.208. The van der Waals surface area contributed by atoms with Gasteiger partial charge in [-0.25, -0.2) is 8.42 Å². The van der Waals surface area contributed by atoms with Gasteiger partial charge in [0.15, 0.2) is 0 Å². The van der Waals surface area contributed by atoms with E-state index in [1.54, 1.807) is 0 Å². The van der Waals surface area contributed by atoms with E-state index in [0.717, 1.165) is 31.6 Å². The number of likely N-dealkylation sites (N-methyl/N-ethyl adjacent to an activating group) is 1. The summed E-state index contributed by atoms with van der Waals surface area (Å²) in [5, 5.41) is 3.27. The second kappa shape index (κ2) is 7.81. The van der Waals surface area contributed by atoms with Crippen molar-refractivity contribution in [3.05, 3.63) is 12.2 Å². The van der Waals surface area contributed by atoms with E-state index in [1.807, 2.05) is 11.9 Å². The third kappa shape index (κ3) is 10.1. The zero-order valence-corrected chi connectivity index (χ0v) is 11.4. The zero-order valence-electron chi connectivity index (χ0n) is 10.6. The molecule has 0 aliphatic carbocycles. The maximum Gasteiger partial charge on any atom is 0.148 e. The molecule has 0 fully saturated rings. The zero-order chi connectivity index (χ0) is 12.6. The first-order valence-corrected chi connectivity index (χ1v) is 7.65. The lowest BCUT2D eigenvalue weighted by atomic mass is 10.3. The summed E-state index contributed by atoms with van der Waals surface area (Å²) >= 11 is 0. The van der Waals surface area contributed by atoms with Gasteiger partial charge in [0.05, 0.1) is 5.75 Å².